The van der Waals surface area contributed by atoms with E-state index in [0.29, 0.717) is 23.4 Å². The van der Waals surface area contributed by atoms with Crippen molar-refractivity contribution in [3.05, 3.63) is 89.4 Å². The van der Waals surface area contributed by atoms with Crippen LogP contribution in [0.1, 0.15) is 5.56 Å². The third kappa shape index (κ3) is 3.76. The van der Waals surface area contributed by atoms with Gasteiger partial charge in [0.2, 0.25) is 11.8 Å². The predicted molar refractivity (Wildman–Crippen MR) is 101 cm³/mol. The van der Waals surface area contributed by atoms with Crippen molar-refractivity contribution in [2.75, 3.05) is 0 Å². The van der Waals surface area contributed by atoms with E-state index in [1.54, 1.807) is 12.1 Å². The molecule has 0 radical (unpaired) electrons. The summed E-state index contributed by atoms with van der Waals surface area (Å²) in [7, 11) is 0. The summed E-state index contributed by atoms with van der Waals surface area (Å²) in [6.45, 7) is 0.529. The second-order valence-corrected chi connectivity index (χ2v) is 6.15. The van der Waals surface area contributed by atoms with Crippen LogP contribution in [-0.2, 0) is 6.61 Å². The molecule has 3 aromatic carbocycles. The highest BCUT2D eigenvalue weighted by atomic mass is 35.5. The monoisotopic (exact) mass is 362 g/mol. The van der Waals surface area contributed by atoms with Crippen LogP contribution in [0.2, 0.25) is 5.02 Å². The first-order valence-electron chi connectivity index (χ1n) is 8.14. The highest BCUT2D eigenvalue weighted by Crippen LogP contribution is 2.26. The molecule has 0 aliphatic heterocycles. The maximum absolute atomic E-state index is 5.90. The van der Waals surface area contributed by atoms with Crippen molar-refractivity contribution in [1.29, 1.82) is 0 Å². The van der Waals surface area contributed by atoms with E-state index in [4.69, 9.17) is 20.8 Å². The van der Waals surface area contributed by atoms with Crippen LogP contribution < -0.4 is 4.74 Å². The Hall–Kier alpha value is -3.11. The summed E-state index contributed by atoms with van der Waals surface area (Å²) in [5.41, 5.74) is 2.79. The fourth-order valence-corrected chi connectivity index (χ4v) is 2.61. The van der Waals surface area contributed by atoms with Crippen LogP contribution in [0.4, 0.5) is 0 Å². The highest BCUT2D eigenvalue weighted by Gasteiger charge is 2.10. The second kappa shape index (κ2) is 7.42. The largest absolute Gasteiger partial charge is 0.489 e. The maximum atomic E-state index is 5.90. The predicted octanol–water partition coefficient (Wildman–Crippen LogP) is 5.64. The topological polar surface area (TPSA) is 48.2 Å². The Labute approximate surface area is 156 Å². The average Bonchev–Trinajstić information content (AvgIpc) is 3.18. The number of hydrogen-bond donors (Lipinski definition) is 0. The van der Waals surface area contributed by atoms with Gasteiger partial charge in [-0.25, -0.2) is 0 Å². The van der Waals surface area contributed by atoms with Crippen LogP contribution in [0, 0.1) is 0 Å². The molecule has 1 heterocycles. The first-order valence-corrected chi connectivity index (χ1v) is 8.52. The third-order valence-electron chi connectivity index (χ3n) is 3.87. The summed E-state index contributed by atoms with van der Waals surface area (Å²) in [6, 6.07) is 24.9. The van der Waals surface area contributed by atoms with Gasteiger partial charge in [0.25, 0.3) is 0 Å². The van der Waals surface area contributed by atoms with Gasteiger partial charge in [0.15, 0.2) is 0 Å². The van der Waals surface area contributed by atoms with Crippen molar-refractivity contribution in [2.45, 2.75) is 6.61 Å². The molecule has 4 rings (SSSR count). The van der Waals surface area contributed by atoms with Gasteiger partial charge in [0.05, 0.1) is 0 Å². The van der Waals surface area contributed by atoms with Gasteiger partial charge < -0.3 is 9.15 Å². The minimum Gasteiger partial charge on any atom is -0.489 e. The van der Waals surface area contributed by atoms with E-state index in [2.05, 4.69) is 10.2 Å². The molecular formula is C21H15ClN2O2. The number of benzene rings is 3. The van der Waals surface area contributed by atoms with Crippen molar-refractivity contribution in [3.63, 3.8) is 0 Å². The van der Waals surface area contributed by atoms with Gasteiger partial charge in [-0.2, -0.15) is 0 Å². The molecule has 0 fully saturated rings. The zero-order chi connectivity index (χ0) is 17.8. The molecule has 0 unspecified atom stereocenters. The molecule has 1 aromatic heterocycles. The van der Waals surface area contributed by atoms with E-state index >= 15 is 0 Å². The van der Waals surface area contributed by atoms with Crippen LogP contribution in [0.25, 0.3) is 22.9 Å². The first kappa shape index (κ1) is 16.4. The standard InChI is InChI=1S/C21H15ClN2O2/c22-18-10-6-16(7-11-18)20-23-24-21(26-20)17-8-12-19(13-9-17)25-14-15-4-2-1-3-5-15/h1-13H,14H2. The van der Waals surface area contributed by atoms with E-state index in [-0.39, 0.29) is 0 Å². The lowest BCUT2D eigenvalue weighted by molar-refractivity contribution is 0.306. The molecule has 0 spiro atoms. The van der Waals surface area contributed by atoms with Crippen LogP contribution in [0.15, 0.2) is 83.3 Å². The van der Waals surface area contributed by atoms with Gasteiger partial charge in [-0.1, -0.05) is 41.9 Å². The van der Waals surface area contributed by atoms with Crippen LogP contribution >= 0.6 is 11.6 Å². The Kier molecular flexibility index (Phi) is 4.67. The quantitative estimate of drug-likeness (QED) is 0.461. The Balaban J connectivity index is 1.46. The Morgan fingerprint density at radius 1 is 0.731 bits per heavy atom. The van der Waals surface area contributed by atoms with E-state index in [1.165, 1.54) is 0 Å². The van der Waals surface area contributed by atoms with Gasteiger partial charge in [-0.05, 0) is 54.1 Å². The molecular weight excluding hydrogens is 348 g/mol. The molecule has 0 amide bonds. The van der Waals surface area contributed by atoms with Crippen molar-refractivity contribution in [1.82, 2.24) is 10.2 Å². The van der Waals surface area contributed by atoms with Gasteiger partial charge in [0, 0.05) is 16.1 Å². The Morgan fingerprint density at radius 2 is 1.31 bits per heavy atom. The van der Waals surface area contributed by atoms with Crippen LogP contribution in [0.3, 0.4) is 0 Å². The SMILES string of the molecule is Clc1ccc(-c2nnc(-c3ccc(OCc4ccccc4)cc3)o2)cc1. The fourth-order valence-electron chi connectivity index (χ4n) is 2.48. The number of rotatable bonds is 5. The number of hydrogen-bond acceptors (Lipinski definition) is 4. The van der Waals surface area contributed by atoms with E-state index in [1.807, 2.05) is 66.7 Å². The van der Waals surface area contributed by atoms with Crippen molar-refractivity contribution in [2.24, 2.45) is 0 Å². The summed E-state index contributed by atoms with van der Waals surface area (Å²) >= 11 is 5.90. The third-order valence-corrected chi connectivity index (χ3v) is 4.12. The molecule has 0 aliphatic carbocycles. The smallest absolute Gasteiger partial charge is 0.248 e. The summed E-state index contributed by atoms with van der Waals surface area (Å²) < 4.78 is 11.5. The number of ether oxygens (including phenoxy) is 1. The molecule has 5 heteroatoms. The van der Waals surface area contributed by atoms with Crippen molar-refractivity contribution in [3.8, 4) is 28.7 Å². The molecule has 0 N–H and O–H groups in total. The van der Waals surface area contributed by atoms with E-state index < -0.39 is 0 Å². The van der Waals surface area contributed by atoms with Crippen molar-refractivity contribution < 1.29 is 9.15 Å². The summed E-state index contributed by atoms with van der Waals surface area (Å²) in [4.78, 5) is 0. The first-order chi connectivity index (χ1) is 12.8. The summed E-state index contributed by atoms with van der Waals surface area (Å²) in [5.74, 6) is 1.71. The molecule has 0 bridgehead atoms. The highest BCUT2D eigenvalue weighted by molar-refractivity contribution is 6.30. The molecule has 128 valence electrons. The van der Waals surface area contributed by atoms with E-state index in [0.717, 1.165) is 22.4 Å². The lowest BCUT2D eigenvalue weighted by Gasteiger charge is -2.06. The lowest BCUT2D eigenvalue weighted by atomic mass is 10.2. The normalized spacial score (nSPS) is 10.7. The zero-order valence-corrected chi connectivity index (χ0v) is 14.6. The maximum Gasteiger partial charge on any atom is 0.248 e. The molecule has 0 atom stereocenters. The van der Waals surface area contributed by atoms with Gasteiger partial charge in [-0.3, -0.25) is 0 Å². The molecule has 0 aliphatic rings. The van der Waals surface area contributed by atoms with Crippen LogP contribution in [0.5, 0.6) is 5.75 Å². The minimum atomic E-state index is 0.459. The Morgan fingerprint density at radius 3 is 1.92 bits per heavy atom. The van der Waals surface area contributed by atoms with Crippen molar-refractivity contribution >= 4 is 11.6 Å². The average molecular weight is 363 g/mol. The summed E-state index contributed by atoms with van der Waals surface area (Å²) in [6.07, 6.45) is 0. The minimum absolute atomic E-state index is 0.459. The Bertz CT molecular complexity index is 981. The molecule has 0 saturated heterocycles. The lowest BCUT2D eigenvalue weighted by Crippen LogP contribution is -1.94. The molecule has 26 heavy (non-hydrogen) atoms. The number of nitrogens with zero attached hydrogens (tertiary/aromatic N) is 2. The molecule has 0 saturated carbocycles. The number of aromatic nitrogens is 2. The molecule has 4 aromatic rings. The van der Waals surface area contributed by atoms with E-state index in [9.17, 15) is 0 Å². The van der Waals surface area contributed by atoms with Gasteiger partial charge >= 0.3 is 0 Å². The fraction of sp³-hybridized carbons (Fsp3) is 0.0476. The van der Waals surface area contributed by atoms with Gasteiger partial charge in [0.1, 0.15) is 12.4 Å². The number of halogens is 1. The van der Waals surface area contributed by atoms with Gasteiger partial charge in [-0.15, -0.1) is 10.2 Å². The molecule has 4 nitrogen and oxygen atoms in total. The summed E-state index contributed by atoms with van der Waals surface area (Å²) in [5, 5.41) is 8.88. The van der Waals surface area contributed by atoms with Crippen LogP contribution in [-0.4, -0.2) is 10.2 Å². The zero-order valence-electron chi connectivity index (χ0n) is 13.8. The second-order valence-electron chi connectivity index (χ2n) is 5.72.